The van der Waals surface area contributed by atoms with Crippen LogP contribution in [0.3, 0.4) is 0 Å². The molecule has 4 heteroatoms. The highest BCUT2D eigenvalue weighted by Gasteiger charge is 2.10. The van der Waals surface area contributed by atoms with Gasteiger partial charge in [0.05, 0.1) is 10.6 Å². The summed E-state index contributed by atoms with van der Waals surface area (Å²) in [7, 11) is 0. The van der Waals surface area contributed by atoms with Crippen molar-refractivity contribution in [3.63, 3.8) is 0 Å². The summed E-state index contributed by atoms with van der Waals surface area (Å²) in [6, 6.07) is 3.58. The molecule has 1 nitrogen and oxygen atoms in total. The number of carbonyl (C=O) groups excluding carboxylic acids is 1. The van der Waals surface area contributed by atoms with Crippen molar-refractivity contribution in [2.75, 3.05) is 0 Å². The molecule has 1 aromatic rings. The second-order valence-corrected chi connectivity index (χ2v) is 4.27. The van der Waals surface area contributed by atoms with Gasteiger partial charge in [-0.3, -0.25) is 4.79 Å². The van der Waals surface area contributed by atoms with Crippen LogP contribution < -0.4 is 0 Å². The third-order valence-corrected chi connectivity index (χ3v) is 3.16. The molecule has 0 radical (unpaired) electrons. The van der Waals surface area contributed by atoms with Gasteiger partial charge >= 0.3 is 0 Å². The first-order valence-corrected chi connectivity index (χ1v) is 5.01. The monoisotopic (exact) mass is 314 g/mol. The number of halogens is 3. The summed E-state index contributed by atoms with van der Waals surface area (Å²) in [5, 5.41) is -0.0807. The maximum atomic E-state index is 10.8. The predicted molar refractivity (Wildman–Crippen MR) is 59.1 cm³/mol. The molecule has 0 saturated heterocycles. The number of aryl methyl sites for hydroxylation is 1. The third kappa shape index (κ3) is 2.12. The molecular formula is C8H5Cl2IO. The average molecular weight is 315 g/mol. The van der Waals surface area contributed by atoms with Gasteiger partial charge in [-0.2, -0.15) is 0 Å². The summed E-state index contributed by atoms with van der Waals surface area (Å²) in [6.45, 7) is 1.89. The molecule has 0 atom stereocenters. The minimum Gasteiger partial charge on any atom is -0.276 e. The first-order chi connectivity index (χ1) is 5.52. The molecule has 0 aliphatic rings. The van der Waals surface area contributed by atoms with Crippen molar-refractivity contribution in [1.29, 1.82) is 0 Å². The second-order valence-electron chi connectivity index (χ2n) is 2.38. The van der Waals surface area contributed by atoms with Gasteiger partial charge in [0, 0.05) is 3.57 Å². The summed E-state index contributed by atoms with van der Waals surface area (Å²) >= 11 is 13.2. The fourth-order valence-corrected chi connectivity index (χ4v) is 2.04. The van der Waals surface area contributed by atoms with Crippen LogP contribution in [0.1, 0.15) is 15.9 Å². The van der Waals surface area contributed by atoms with Crippen molar-refractivity contribution in [1.82, 2.24) is 0 Å². The standard InChI is InChI=1S/C8H5Cl2IO/c1-4-2-5(8(10)12)7(9)6(11)3-4/h2-3H,1H3. The number of rotatable bonds is 1. The van der Waals surface area contributed by atoms with Crippen molar-refractivity contribution in [3.8, 4) is 0 Å². The molecular weight excluding hydrogens is 310 g/mol. The Balaban J connectivity index is 3.37. The lowest BCUT2D eigenvalue weighted by Crippen LogP contribution is -1.93. The van der Waals surface area contributed by atoms with E-state index in [1.807, 2.05) is 13.0 Å². The largest absolute Gasteiger partial charge is 0.276 e. The molecule has 0 spiro atoms. The predicted octanol–water partition coefficient (Wildman–Crippen LogP) is 3.63. The SMILES string of the molecule is Cc1cc(I)c(Cl)c(C(=O)Cl)c1. The molecule has 0 fully saturated rings. The molecule has 0 bridgehead atoms. The van der Waals surface area contributed by atoms with Crippen molar-refractivity contribution >= 4 is 51.0 Å². The Morgan fingerprint density at radius 2 is 2.08 bits per heavy atom. The zero-order valence-corrected chi connectivity index (χ0v) is 9.87. The number of carbonyl (C=O) groups is 1. The molecule has 0 N–H and O–H groups in total. The zero-order valence-electron chi connectivity index (χ0n) is 6.20. The van der Waals surface area contributed by atoms with Gasteiger partial charge in [0.2, 0.25) is 0 Å². The van der Waals surface area contributed by atoms with Crippen LogP contribution in [0.25, 0.3) is 0 Å². The van der Waals surface area contributed by atoms with Gasteiger partial charge < -0.3 is 0 Å². The van der Waals surface area contributed by atoms with Gasteiger partial charge in [0.25, 0.3) is 5.24 Å². The van der Waals surface area contributed by atoms with Gasteiger partial charge in [-0.1, -0.05) is 11.6 Å². The highest BCUT2D eigenvalue weighted by atomic mass is 127. The lowest BCUT2D eigenvalue weighted by Gasteiger charge is -2.02. The van der Waals surface area contributed by atoms with Gasteiger partial charge in [-0.15, -0.1) is 0 Å². The van der Waals surface area contributed by atoms with Crippen LogP contribution in [0.5, 0.6) is 0 Å². The Bertz CT molecular complexity index is 336. The molecule has 1 rings (SSSR count). The molecule has 0 aromatic heterocycles. The van der Waals surface area contributed by atoms with Crippen molar-refractivity contribution < 1.29 is 4.79 Å². The number of hydrogen-bond donors (Lipinski definition) is 0. The van der Waals surface area contributed by atoms with E-state index in [2.05, 4.69) is 22.6 Å². The van der Waals surface area contributed by atoms with Crippen LogP contribution >= 0.6 is 45.8 Å². The van der Waals surface area contributed by atoms with Gasteiger partial charge in [-0.25, -0.2) is 0 Å². The van der Waals surface area contributed by atoms with Gasteiger partial charge in [-0.05, 0) is 58.8 Å². The summed E-state index contributed by atoms with van der Waals surface area (Å²) in [5.41, 5.74) is 1.36. The Morgan fingerprint density at radius 3 is 2.58 bits per heavy atom. The molecule has 0 aliphatic heterocycles. The van der Waals surface area contributed by atoms with E-state index < -0.39 is 5.24 Å². The maximum Gasteiger partial charge on any atom is 0.253 e. The maximum absolute atomic E-state index is 10.8. The Labute approximate surface area is 94.2 Å². The van der Waals surface area contributed by atoms with E-state index in [9.17, 15) is 4.79 Å². The minimum absolute atomic E-state index is 0.378. The Morgan fingerprint density at radius 1 is 1.50 bits per heavy atom. The molecule has 0 amide bonds. The van der Waals surface area contributed by atoms with E-state index in [0.29, 0.717) is 10.6 Å². The Kier molecular flexibility index (Phi) is 3.37. The number of benzene rings is 1. The number of hydrogen-bond acceptors (Lipinski definition) is 1. The van der Waals surface area contributed by atoms with Gasteiger partial charge in [0.1, 0.15) is 0 Å². The molecule has 0 aliphatic carbocycles. The quantitative estimate of drug-likeness (QED) is 0.571. The van der Waals surface area contributed by atoms with Gasteiger partial charge in [0.15, 0.2) is 0 Å². The first kappa shape index (κ1) is 10.3. The van der Waals surface area contributed by atoms with Crippen LogP contribution in [0.4, 0.5) is 0 Å². The van der Waals surface area contributed by atoms with Crippen LogP contribution in [0, 0.1) is 10.5 Å². The summed E-state index contributed by atoms with van der Waals surface area (Å²) < 4.78 is 0.846. The van der Waals surface area contributed by atoms with Crippen LogP contribution in [-0.2, 0) is 0 Å². The summed E-state index contributed by atoms with van der Waals surface area (Å²) in [4.78, 5) is 10.8. The lowest BCUT2D eigenvalue weighted by molar-refractivity contribution is 0.108. The van der Waals surface area contributed by atoms with E-state index in [1.165, 1.54) is 0 Å². The van der Waals surface area contributed by atoms with E-state index >= 15 is 0 Å². The zero-order chi connectivity index (χ0) is 9.30. The normalized spacial score (nSPS) is 10.0. The molecule has 64 valence electrons. The highest BCUT2D eigenvalue weighted by molar-refractivity contribution is 14.1. The molecule has 12 heavy (non-hydrogen) atoms. The fourth-order valence-electron chi connectivity index (χ4n) is 0.868. The molecule has 0 saturated carbocycles. The van der Waals surface area contributed by atoms with Crippen LogP contribution in [-0.4, -0.2) is 5.24 Å². The fraction of sp³-hybridized carbons (Fsp3) is 0.125. The summed E-state index contributed by atoms with van der Waals surface area (Å²) in [6.07, 6.45) is 0. The van der Waals surface area contributed by atoms with Crippen molar-refractivity contribution in [2.24, 2.45) is 0 Å². The van der Waals surface area contributed by atoms with Crippen molar-refractivity contribution in [2.45, 2.75) is 6.92 Å². The molecule has 0 heterocycles. The first-order valence-electron chi connectivity index (χ1n) is 3.18. The molecule has 1 aromatic carbocycles. The van der Waals surface area contributed by atoms with E-state index in [1.54, 1.807) is 6.07 Å². The second kappa shape index (κ2) is 3.94. The van der Waals surface area contributed by atoms with Crippen molar-refractivity contribution in [3.05, 3.63) is 31.9 Å². The summed E-state index contributed by atoms with van der Waals surface area (Å²) in [5.74, 6) is 0. The smallest absolute Gasteiger partial charge is 0.253 e. The highest BCUT2D eigenvalue weighted by Crippen LogP contribution is 2.25. The minimum atomic E-state index is -0.512. The van der Waals surface area contributed by atoms with E-state index in [-0.39, 0.29) is 0 Å². The average Bonchev–Trinajstić information content (AvgIpc) is 1.96. The third-order valence-electron chi connectivity index (χ3n) is 1.38. The van der Waals surface area contributed by atoms with Crippen LogP contribution in [0.15, 0.2) is 12.1 Å². The Hall–Kier alpha value is 0.200. The van der Waals surface area contributed by atoms with Crippen LogP contribution in [0.2, 0.25) is 5.02 Å². The van der Waals surface area contributed by atoms with E-state index in [0.717, 1.165) is 9.13 Å². The van der Waals surface area contributed by atoms with E-state index in [4.69, 9.17) is 23.2 Å². The topological polar surface area (TPSA) is 17.1 Å². The molecule has 0 unspecified atom stereocenters. The lowest BCUT2D eigenvalue weighted by atomic mass is 10.1.